The van der Waals surface area contributed by atoms with Gasteiger partial charge in [0, 0.05) is 0 Å². The second kappa shape index (κ2) is 4.52. The van der Waals surface area contributed by atoms with E-state index in [2.05, 4.69) is 33.6 Å². The zero-order valence-corrected chi connectivity index (χ0v) is 11.5. The van der Waals surface area contributed by atoms with E-state index >= 15 is 0 Å². The Kier molecular flexibility index (Phi) is 3.30. The van der Waals surface area contributed by atoms with Gasteiger partial charge >= 0.3 is 0 Å². The van der Waals surface area contributed by atoms with E-state index in [1.165, 1.54) is 0 Å². The molecule has 0 saturated heterocycles. The monoisotopic (exact) mass is 334 g/mol. The van der Waals surface area contributed by atoms with Crippen LogP contribution in [-0.2, 0) is 0 Å². The second-order valence-corrected chi connectivity index (χ2v) is 4.97. The first-order valence-corrected chi connectivity index (χ1v) is 6.62. The molecule has 0 N–H and O–H groups in total. The standard InChI is InChI=1S/C10H11IN2OS/c1-3-14-13-9(11)7(2)12-10(13)8-5-4-6-15-8/h4-6H,3H2,1-2H3. The van der Waals surface area contributed by atoms with Crippen molar-refractivity contribution in [1.82, 2.24) is 9.71 Å². The van der Waals surface area contributed by atoms with Crippen molar-refractivity contribution in [3.05, 3.63) is 26.9 Å². The van der Waals surface area contributed by atoms with Crippen LogP contribution in [0.1, 0.15) is 12.6 Å². The molecule has 0 atom stereocenters. The van der Waals surface area contributed by atoms with Crippen LogP contribution < -0.4 is 4.84 Å². The molecule has 0 saturated carbocycles. The van der Waals surface area contributed by atoms with Crippen molar-refractivity contribution >= 4 is 33.9 Å². The topological polar surface area (TPSA) is 27.1 Å². The molecule has 2 rings (SSSR count). The quantitative estimate of drug-likeness (QED) is 0.807. The van der Waals surface area contributed by atoms with Gasteiger partial charge in [-0.25, -0.2) is 4.98 Å². The van der Waals surface area contributed by atoms with Gasteiger partial charge in [0.2, 0.25) is 0 Å². The van der Waals surface area contributed by atoms with Crippen LogP contribution in [0.15, 0.2) is 17.5 Å². The van der Waals surface area contributed by atoms with Crippen LogP contribution in [0.3, 0.4) is 0 Å². The van der Waals surface area contributed by atoms with Crippen molar-refractivity contribution in [2.45, 2.75) is 13.8 Å². The Morgan fingerprint density at radius 2 is 2.40 bits per heavy atom. The van der Waals surface area contributed by atoms with Crippen LogP contribution in [0.25, 0.3) is 10.7 Å². The van der Waals surface area contributed by atoms with Gasteiger partial charge in [0.15, 0.2) is 5.82 Å². The minimum absolute atomic E-state index is 0.643. The Balaban J connectivity index is 2.51. The molecule has 5 heteroatoms. The van der Waals surface area contributed by atoms with Gasteiger partial charge in [0.1, 0.15) is 10.3 Å². The number of halogens is 1. The van der Waals surface area contributed by atoms with Crippen LogP contribution in [0.2, 0.25) is 0 Å². The summed E-state index contributed by atoms with van der Waals surface area (Å²) in [4.78, 5) is 11.2. The fraction of sp³-hybridized carbons (Fsp3) is 0.300. The molecule has 80 valence electrons. The number of hydrogen-bond donors (Lipinski definition) is 0. The number of imidazole rings is 1. The molecule has 0 fully saturated rings. The lowest BCUT2D eigenvalue weighted by atomic mass is 10.4. The van der Waals surface area contributed by atoms with E-state index in [-0.39, 0.29) is 0 Å². The summed E-state index contributed by atoms with van der Waals surface area (Å²) in [5.74, 6) is 0.897. The first-order valence-electron chi connectivity index (χ1n) is 4.66. The first-order chi connectivity index (χ1) is 7.24. The van der Waals surface area contributed by atoms with E-state index < -0.39 is 0 Å². The molecule has 0 amide bonds. The summed E-state index contributed by atoms with van der Waals surface area (Å²) in [5.41, 5.74) is 1.01. The summed E-state index contributed by atoms with van der Waals surface area (Å²) in [6, 6.07) is 4.07. The molecule has 15 heavy (non-hydrogen) atoms. The predicted octanol–water partition coefficient (Wildman–Crippen LogP) is 2.97. The molecule has 0 radical (unpaired) electrons. The molecular weight excluding hydrogens is 323 g/mol. The number of aryl methyl sites for hydroxylation is 1. The van der Waals surface area contributed by atoms with Crippen LogP contribution >= 0.6 is 33.9 Å². The third-order valence-electron chi connectivity index (χ3n) is 1.94. The summed E-state index contributed by atoms with van der Waals surface area (Å²) < 4.78 is 2.85. The molecule has 2 heterocycles. The number of rotatable bonds is 3. The van der Waals surface area contributed by atoms with Crippen LogP contribution in [-0.4, -0.2) is 16.3 Å². The summed E-state index contributed by atoms with van der Waals surface area (Å²) in [6.07, 6.45) is 0. The minimum Gasteiger partial charge on any atom is -0.412 e. The SMILES string of the molecule is CCOn1c(-c2cccs2)nc(C)c1I. The number of aromatic nitrogens is 2. The molecule has 2 aromatic rings. The highest BCUT2D eigenvalue weighted by Crippen LogP contribution is 2.26. The minimum atomic E-state index is 0.643. The maximum atomic E-state index is 5.57. The van der Waals surface area contributed by atoms with Gasteiger partial charge in [-0.15, -0.1) is 11.3 Å². The van der Waals surface area contributed by atoms with Crippen molar-refractivity contribution in [3.8, 4) is 10.7 Å². The summed E-state index contributed by atoms with van der Waals surface area (Å²) >= 11 is 3.93. The third kappa shape index (κ3) is 2.03. The van der Waals surface area contributed by atoms with Crippen molar-refractivity contribution in [2.24, 2.45) is 0 Å². The lowest BCUT2D eigenvalue weighted by Crippen LogP contribution is -2.13. The lowest BCUT2D eigenvalue weighted by molar-refractivity contribution is 0.120. The van der Waals surface area contributed by atoms with Gasteiger partial charge in [0.25, 0.3) is 0 Å². The zero-order chi connectivity index (χ0) is 10.8. The highest BCUT2D eigenvalue weighted by Gasteiger charge is 2.15. The van der Waals surface area contributed by atoms with E-state index in [0.29, 0.717) is 6.61 Å². The summed E-state index contributed by atoms with van der Waals surface area (Å²) in [6.45, 7) is 4.61. The van der Waals surface area contributed by atoms with Gasteiger partial charge < -0.3 is 4.84 Å². The highest BCUT2D eigenvalue weighted by molar-refractivity contribution is 14.1. The molecule has 0 aromatic carbocycles. The second-order valence-electron chi connectivity index (χ2n) is 3.00. The van der Waals surface area contributed by atoms with E-state index in [1.807, 2.05) is 30.0 Å². The van der Waals surface area contributed by atoms with E-state index in [0.717, 1.165) is 20.1 Å². The van der Waals surface area contributed by atoms with Gasteiger partial charge in [-0.1, -0.05) is 6.07 Å². The number of nitrogens with zero attached hydrogens (tertiary/aromatic N) is 2. The number of thiophene rings is 1. The predicted molar refractivity (Wildman–Crippen MR) is 70.1 cm³/mol. The third-order valence-corrected chi connectivity index (χ3v) is 4.03. The maximum Gasteiger partial charge on any atom is 0.187 e. The van der Waals surface area contributed by atoms with Crippen LogP contribution in [0, 0.1) is 10.6 Å². The van der Waals surface area contributed by atoms with Gasteiger partial charge in [-0.3, -0.25) is 0 Å². The maximum absolute atomic E-state index is 5.57. The molecule has 0 aliphatic carbocycles. The molecule has 0 unspecified atom stereocenters. The Hall–Kier alpha value is -0.560. The van der Waals surface area contributed by atoms with Crippen LogP contribution in [0.5, 0.6) is 0 Å². The molecule has 3 nitrogen and oxygen atoms in total. The lowest BCUT2D eigenvalue weighted by Gasteiger charge is -2.07. The fourth-order valence-electron chi connectivity index (χ4n) is 1.30. The van der Waals surface area contributed by atoms with Gasteiger partial charge in [-0.2, -0.15) is 4.73 Å². The van der Waals surface area contributed by atoms with Gasteiger partial charge in [-0.05, 0) is 47.9 Å². The normalized spacial score (nSPS) is 10.6. The average Bonchev–Trinajstić information content (AvgIpc) is 2.81. The summed E-state index contributed by atoms with van der Waals surface area (Å²) in [7, 11) is 0. The average molecular weight is 334 g/mol. The Morgan fingerprint density at radius 3 is 3.00 bits per heavy atom. The largest absolute Gasteiger partial charge is 0.412 e. The van der Waals surface area contributed by atoms with Crippen LogP contribution in [0.4, 0.5) is 0 Å². The first kappa shape index (κ1) is 10.9. The Labute approximate surface area is 106 Å². The van der Waals surface area contributed by atoms with Crippen molar-refractivity contribution in [3.63, 3.8) is 0 Å². The highest BCUT2D eigenvalue weighted by atomic mass is 127. The fourth-order valence-corrected chi connectivity index (χ4v) is 2.48. The van der Waals surface area contributed by atoms with Crippen molar-refractivity contribution < 1.29 is 4.84 Å². The molecule has 0 aliphatic heterocycles. The molecular formula is C10H11IN2OS. The van der Waals surface area contributed by atoms with E-state index in [1.54, 1.807) is 11.3 Å². The molecule has 2 aromatic heterocycles. The van der Waals surface area contributed by atoms with Crippen molar-refractivity contribution in [2.75, 3.05) is 6.61 Å². The van der Waals surface area contributed by atoms with Gasteiger partial charge in [0.05, 0.1) is 10.6 Å². The molecule has 0 aliphatic rings. The van der Waals surface area contributed by atoms with Crippen molar-refractivity contribution in [1.29, 1.82) is 0 Å². The van der Waals surface area contributed by atoms with E-state index in [9.17, 15) is 0 Å². The zero-order valence-electron chi connectivity index (χ0n) is 8.53. The van der Waals surface area contributed by atoms with E-state index in [4.69, 9.17) is 4.84 Å². The molecule has 0 bridgehead atoms. The smallest absolute Gasteiger partial charge is 0.187 e. The summed E-state index contributed by atoms with van der Waals surface area (Å²) in [5, 5.41) is 2.04. The Bertz CT molecular complexity index is 450. The Morgan fingerprint density at radius 1 is 1.60 bits per heavy atom. The molecule has 0 spiro atoms. The number of hydrogen-bond acceptors (Lipinski definition) is 3.